The van der Waals surface area contributed by atoms with Gasteiger partial charge in [0.15, 0.2) is 0 Å². The molecule has 1 fully saturated rings. The van der Waals surface area contributed by atoms with Gasteiger partial charge in [0.25, 0.3) is 0 Å². The summed E-state index contributed by atoms with van der Waals surface area (Å²) in [6.45, 7) is 3.31. The van der Waals surface area contributed by atoms with Crippen LogP contribution in [0.3, 0.4) is 0 Å². The minimum atomic E-state index is -0.443. The minimum absolute atomic E-state index is 0.00600. The number of anilines is 1. The van der Waals surface area contributed by atoms with Crippen LogP contribution in [-0.4, -0.2) is 43.2 Å². The Morgan fingerprint density at radius 1 is 1.42 bits per heavy atom. The van der Waals surface area contributed by atoms with E-state index in [1.807, 2.05) is 6.92 Å². The van der Waals surface area contributed by atoms with E-state index in [-0.39, 0.29) is 12.5 Å². The Morgan fingerprint density at radius 2 is 2.16 bits per heavy atom. The van der Waals surface area contributed by atoms with Crippen molar-refractivity contribution in [3.63, 3.8) is 0 Å². The van der Waals surface area contributed by atoms with Crippen molar-refractivity contribution < 1.29 is 19.1 Å². The molecule has 0 atom stereocenters. The number of carbonyl (C=O) groups is 2. The van der Waals surface area contributed by atoms with Crippen LogP contribution >= 0.6 is 0 Å². The maximum Gasteiger partial charge on any atom is 0.410 e. The third-order valence-corrected chi connectivity index (χ3v) is 2.63. The summed E-state index contributed by atoms with van der Waals surface area (Å²) in [6, 6.07) is 7.07. The van der Waals surface area contributed by atoms with E-state index in [1.54, 1.807) is 24.3 Å². The molecule has 1 aromatic carbocycles. The van der Waals surface area contributed by atoms with Gasteiger partial charge in [0.1, 0.15) is 18.9 Å². The molecule has 1 N–H and O–H groups in total. The van der Waals surface area contributed by atoms with Crippen LogP contribution in [-0.2, 0) is 9.53 Å². The molecule has 1 aromatic rings. The van der Waals surface area contributed by atoms with Gasteiger partial charge in [0.05, 0.1) is 13.2 Å². The number of hydrogen-bond donors (Lipinski definition) is 1. The lowest BCUT2D eigenvalue weighted by Gasteiger charge is -2.12. The molecule has 0 bridgehead atoms. The van der Waals surface area contributed by atoms with Crippen LogP contribution in [0.1, 0.15) is 6.92 Å². The summed E-state index contributed by atoms with van der Waals surface area (Å²) in [4.78, 5) is 24.3. The highest BCUT2D eigenvalue weighted by Crippen LogP contribution is 2.15. The van der Waals surface area contributed by atoms with Crippen LogP contribution in [0, 0.1) is 0 Å². The number of carbonyl (C=O) groups excluding carboxylic acids is 2. The van der Waals surface area contributed by atoms with Gasteiger partial charge in [-0.05, 0) is 31.2 Å². The number of ether oxygens (including phenoxy) is 2. The lowest BCUT2D eigenvalue weighted by molar-refractivity contribution is -0.116. The van der Waals surface area contributed by atoms with E-state index in [9.17, 15) is 9.59 Å². The van der Waals surface area contributed by atoms with Crippen molar-refractivity contribution >= 4 is 17.7 Å². The molecule has 1 aliphatic rings. The Bertz CT molecular complexity index is 458. The van der Waals surface area contributed by atoms with E-state index in [4.69, 9.17) is 9.47 Å². The fraction of sp³-hybridized carbons (Fsp3) is 0.385. The summed E-state index contributed by atoms with van der Waals surface area (Å²) in [7, 11) is 0. The molecule has 19 heavy (non-hydrogen) atoms. The first-order valence-electron chi connectivity index (χ1n) is 6.13. The van der Waals surface area contributed by atoms with Crippen LogP contribution < -0.4 is 10.1 Å². The molecule has 0 aromatic heterocycles. The highest BCUT2D eigenvalue weighted by Gasteiger charge is 2.23. The van der Waals surface area contributed by atoms with E-state index in [1.165, 1.54) is 4.90 Å². The second-order valence-corrected chi connectivity index (χ2v) is 4.04. The third kappa shape index (κ3) is 3.61. The number of nitrogens with zero attached hydrogens (tertiary/aromatic N) is 1. The van der Waals surface area contributed by atoms with Crippen molar-refractivity contribution in [1.82, 2.24) is 4.90 Å². The van der Waals surface area contributed by atoms with Crippen molar-refractivity contribution in [3.8, 4) is 5.75 Å². The molecular weight excluding hydrogens is 248 g/mol. The van der Waals surface area contributed by atoms with Crippen LogP contribution in [0.4, 0.5) is 10.5 Å². The van der Waals surface area contributed by atoms with Gasteiger partial charge >= 0.3 is 6.09 Å². The first kappa shape index (κ1) is 13.2. The number of nitrogens with one attached hydrogen (secondary N) is 1. The number of cyclic esters (lactones) is 1. The van der Waals surface area contributed by atoms with E-state index in [0.717, 1.165) is 5.75 Å². The molecule has 1 heterocycles. The Hall–Kier alpha value is -2.24. The average molecular weight is 264 g/mol. The Morgan fingerprint density at radius 3 is 2.74 bits per heavy atom. The molecule has 0 aliphatic carbocycles. The predicted molar refractivity (Wildman–Crippen MR) is 69.2 cm³/mol. The largest absolute Gasteiger partial charge is 0.494 e. The van der Waals surface area contributed by atoms with Crippen LogP contribution in [0.5, 0.6) is 5.75 Å². The lowest BCUT2D eigenvalue weighted by atomic mass is 10.3. The number of hydrogen-bond acceptors (Lipinski definition) is 4. The molecule has 6 heteroatoms. The van der Waals surface area contributed by atoms with Crippen LogP contribution in [0.25, 0.3) is 0 Å². The summed E-state index contributed by atoms with van der Waals surface area (Å²) < 4.78 is 10.1. The van der Waals surface area contributed by atoms with Gasteiger partial charge in [-0.15, -0.1) is 0 Å². The molecule has 2 rings (SSSR count). The Balaban J connectivity index is 1.86. The average Bonchev–Trinajstić information content (AvgIpc) is 2.78. The van der Waals surface area contributed by atoms with Crippen molar-refractivity contribution in [2.24, 2.45) is 0 Å². The van der Waals surface area contributed by atoms with Crippen molar-refractivity contribution in [2.75, 3.05) is 31.6 Å². The summed E-state index contributed by atoms with van der Waals surface area (Å²) >= 11 is 0. The Kier molecular flexibility index (Phi) is 4.22. The van der Waals surface area contributed by atoms with Crippen molar-refractivity contribution in [3.05, 3.63) is 24.3 Å². The Labute approximate surface area is 111 Å². The zero-order valence-electron chi connectivity index (χ0n) is 10.7. The number of amides is 2. The molecule has 0 spiro atoms. The fourth-order valence-corrected chi connectivity index (χ4v) is 1.74. The zero-order chi connectivity index (χ0) is 13.7. The normalized spacial score (nSPS) is 14.2. The highest BCUT2D eigenvalue weighted by molar-refractivity contribution is 5.94. The molecule has 2 amide bonds. The quantitative estimate of drug-likeness (QED) is 0.874. The third-order valence-electron chi connectivity index (χ3n) is 2.63. The van der Waals surface area contributed by atoms with Crippen LogP contribution in [0.2, 0.25) is 0 Å². The molecular formula is C13H16N2O4. The SMILES string of the molecule is CCOc1ccc(NC(=O)CN2CCOC2=O)cc1. The second-order valence-electron chi connectivity index (χ2n) is 4.04. The first-order valence-corrected chi connectivity index (χ1v) is 6.13. The summed E-state index contributed by atoms with van der Waals surface area (Å²) in [6.07, 6.45) is -0.443. The molecule has 0 unspecified atom stereocenters. The maximum atomic E-state index is 11.7. The number of benzene rings is 1. The molecule has 1 aliphatic heterocycles. The summed E-state index contributed by atoms with van der Waals surface area (Å²) in [5.74, 6) is 0.506. The number of rotatable bonds is 5. The molecule has 6 nitrogen and oxygen atoms in total. The van der Waals surface area contributed by atoms with Gasteiger partial charge in [0.2, 0.25) is 5.91 Å². The van der Waals surface area contributed by atoms with E-state index in [0.29, 0.717) is 25.4 Å². The predicted octanol–water partition coefficient (Wildman–Crippen LogP) is 1.48. The van der Waals surface area contributed by atoms with Gasteiger partial charge in [-0.2, -0.15) is 0 Å². The van der Waals surface area contributed by atoms with Crippen LogP contribution in [0.15, 0.2) is 24.3 Å². The lowest BCUT2D eigenvalue weighted by Crippen LogP contribution is -2.33. The second kappa shape index (κ2) is 6.08. The molecule has 1 saturated heterocycles. The first-order chi connectivity index (χ1) is 9.19. The summed E-state index contributed by atoms with van der Waals surface area (Å²) in [5, 5.41) is 2.71. The zero-order valence-corrected chi connectivity index (χ0v) is 10.7. The van der Waals surface area contributed by atoms with Crippen molar-refractivity contribution in [1.29, 1.82) is 0 Å². The summed E-state index contributed by atoms with van der Waals surface area (Å²) in [5.41, 5.74) is 0.668. The molecule has 102 valence electrons. The highest BCUT2D eigenvalue weighted by atomic mass is 16.6. The van der Waals surface area contributed by atoms with E-state index >= 15 is 0 Å². The monoisotopic (exact) mass is 264 g/mol. The maximum absolute atomic E-state index is 11.7. The van der Waals surface area contributed by atoms with Gasteiger partial charge in [0, 0.05) is 5.69 Å². The standard InChI is InChI=1S/C13H16N2O4/c1-2-18-11-5-3-10(4-6-11)14-12(16)9-15-7-8-19-13(15)17/h3-6H,2,7-9H2,1H3,(H,14,16). The topological polar surface area (TPSA) is 67.9 Å². The van der Waals surface area contributed by atoms with Gasteiger partial charge in [-0.1, -0.05) is 0 Å². The van der Waals surface area contributed by atoms with Gasteiger partial charge in [-0.25, -0.2) is 4.79 Å². The fourth-order valence-electron chi connectivity index (χ4n) is 1.74. The molecule has 0 saturated carbocycles. The van der Waals surface area contributed by atoms with E-state index in [2.05, 4.69) is 5.32 Å². The van der Waals surface area contributed by atoms with E-state index < -0.39 is 6.09 Å². The van der Waals surface area contributed by atoms with Crippen molar-refractivity contribution in [2.45, 2.75) is 6.92 Å². The van der Waals surface area contributed by atoms with Gasteiger partial charge < -0.3 is 14.8 Å². The smallest absolute Gasteiger partial charge is 0.410 e. The minimum Gasteiger partial charge on any atom is -0.494 e. The molecule has 0 radical (unpaired) electrons. The van der Waals surface area contributed by atoms with Gasteiger partial charge in [-0.3, -0.25) is 9.69 Å².